The summed E-state index contributed by atoms with van der Waals surface area (Å²) in [6, 6.07) is 11.8. The van der Waals surface area contributed by atoms with Crippen LogP contribution in [0.15, 0.2) is 51.8 Å². The van der Waals surface area contributed by atoms with Crippen LogP contribution < -0.4 is 0 Å². The normalized spacial score (nSPS) is 12.4. The highest BCUT2D eigenvalue weighted by atomic mass is 79.9. The van der Waals surface area contributed by atoms with Gasteiger partial charge in [0.15, 0.2) is 0 Å². The topological polar surface area (TPSA) is 20.2 Å². The van der Waals surface area contributed by atoms with E-state index in [1.165, 1.54) is 30.0 Å². The maximum absolute atomic E-state index is 13.1. The second-order valence-corrected chi connectivity index (χ2v) is 6.37. The minimum atomic E-state index is -0.799. The van der Waals surface area contributed by atoms with Gasteiger partial charge in [-0.05, 0) is 36.4 Å². The van der Waals surface area contributed by atoms with Gasteiger partial charge in [-0.2, -0.15) is 0 Å². The first-order valence-corrected chi connectivity index (χ1v) is 7.73. The summed E-state index contributed by atoms with van der Waals surface area (Å²) >= 11 is 10.8. The Kier molecular flexibility index (Phi) is 5.28. The lowest BCUT2D eigenvalue weighted by Crippen LogP contribution is -2.02. The predicted octanol–water partition coefficient (Wildman–Crippen LogP) is 5.07. The molecular formula is C14H11BrClFOS. The summed E-state index contributed by atoms with van der Waals surface area (Å²) < 4.78 is 14.1. The van der Waals surface area contributed by atoms with Crippen LogP contribution in [0.3, 0.4) is 0 Å². The Bertz CT molecular complexity index is 579. The van der Waals surface area contributed by atoms with Crippen LogP contribution in [0.2, 0.25) is 5.02 Å². The van der Waals surface area contributed by atoms with Crippen LogP contribution in [0, 0.1) is 5.82 Å². The summed E-state index contributed by atoms with van der Waals surface area (Å²) in [6.07, 6.45) is -0.799. The fourth-order valence-corrected chi connectivity index (χ4v) is 3.30. The molecule has 0 amide bonds. The molecule has 0 aliphatic carbocycles. The van der Waals surface area contributed by atoms with E-state index in [-0.39, 0.29) is 0 Å². The summed E-state index contributed by atoms with van der Waals surface area (Å²) in [5.74, 6) is 0.0190. The van der Waals surface area contributed by atoms with Crippen molar-refractivity contribution in [3.8, 4) is 0 Å². The van der Waals surface area contributed by atoms with Crippen LogP contribution in [0.1, 0.15) is 11.7 Å². The van der Waals surface area contributed by atoms with Crippen LogP contribution >= 0.6 is 39.3 Å². The first-order valence-electron chi connectivity index (χ1n) is 5.57. The minimum Gasteiger partial charge on any atom is -0.387 e. The van der Waals surface area contributed by atoms with E-state index in [4.69, 9.17) is 11.6 Å². The fourth-order valence-electron chi connectivity index (χ4n) is 1.59. The maximum atomic E-state index is 13.1. The largest absolute Gasteiger partial charge is 0.387 e. The van der Waals surface area contributed by atoms with Gasteiger partial charge in [0.05, 0.1) is 6.10 Å². The highest BCUT2D eigenvalue weighted by Gasteiger charge is 2.13. The van der Waals surface area contributed by atoms with Crippen molar-refractivity contribution in [2.45, 2.75) is 11.0 Å². The first-order chi connectivity index (χ1) is 9.06. The third-order valence-electron chi connectivity index (χ3n) is 2.52. The number of aliphatic hydroxyl groups excluding tert-OH is 1. The monoisotopic (exact) mass is 360 g/mol. The van der Waals surface area contributed by atoms with Gasteiger partial charge in [0, 0.05) is 25.7 Å². The molecule has 0 aliphatic heterocycles. The molecule has 100 valence electrons. The minimum absolute atomic E-state index is 0.378. The van der Waals surface area contributed by atoms with Gasteiger partial charge in [-0.25, -0.2) is 4.39 Å². The van der Waals surface area contributed by atoms with Crippen LogP contribution in [0.4, 0.5) is 4.39 Å². The third kappa shape index (κ3) is 4.21. The highest BCUT2D eigenvalue weighted by molar-refractivity contribution is 9.10. The van der Waals surface area contributed by atoms with Gasteiger partial charge in [0.2, 0.25) is 0 Å². The lowest BCUT2D eigenvalue weighted by molar-refractivity contribution is 0.203. The first kappa shape index (κ1) is 14.9. The molecule has 0 fully saturated rings. The molecule has 1 N–H and O–H groups in total. The van der Waals surface area contributed by atoms with Crippen molar-refractivity contribution >= 4 is 39.3 Å². The molecule has 19 heavy (non-hydrogen) atoms. The Hall–Kier alpha value is -0.550. The smallest absolute Gasteiger partial charge is 0.123 e. The van der Waals surface area contributed by atoms with Crippen molar-refractivity contribution in [3.63, 3.8) is 0 Å². The van der Waals surface area contributed by atoms with Crippen LogP contribution in [0.5, 0.6) is 0 Å². The number of aliphatic hydroxyl groups is 1. The second-order valence-electron chi connectivity index (χ2n) is 3.95. The molecule has 1 unspecified atom stereocenters. The van der Waals surface area contributed by atoms with Gasteiger partial charge in [0.1, 0.15) is 5.82 Å². The lowest BCUT2D eigenvalue weighted by Gasteiger charge is -2.12. The summed E-state index contributed by atoms with van der Waals surface area (Å²) in [7, 11) is 0. The molecule has 2 aromatic rings. The molecule has 0 aliphatic rings. The summed E-state index contributed by atoms with van der Waals surface area (Å²) in [5.41, 5.74) is 0.421. The molecule has 0 saturated carbocycles. The molecule has 2 rings (SSSR count). The highest BCUT2D eigenvalue weighted by Crippen LogP contribution is 2.30. The van der Waals surface area contributed by atoms with Crippen molar-refractivity contribution in [2.24, 2.45) is 0 Å². The zero-order valence-electron chi connectivity index (χ0n) is 9.82. The van der Waals surface area contributed by atoms with Gasteiger partial charge in [0.25, 0.3) is 0 Å². The van der Waals surface area contributed by atoms with Crippen molar-refractivity contribution in [3.05, 3.63) is 63.3 Å². The number of halogens is 3. The number of hydrogen-bond donors (Lipinski definition) is 1. The zero-order valence-corrected chi connectivity index (χ0v) is 13.0. The van der Waals surface area contributed by atoms with E-state index in [0.29, 0.717) is 16.3 Å². The quantitative estimate of drug-likeness (QED) is 0.767. The van der Waals surface area contributed by atoms with Crippen LogP contribution in [0.25, 0.3) is 0 Å². The van der Waals surface area contributed by atoms with E-state index in [1.807, 2.05) is 24.3 Å². The molecule has 0 bridgehead atoms. The Morgan fingerprint density at radius 3 is 2.79 bits per heavy atom. The van der Waals surface area contributed by atoms with Gasteiger partial charge in [-0.15, -0.1) is 11.8 Å². The fraction of sp³-hybridized carbons (Fsp3) is 0.143. The Balaban J connectivity index is 2.05. The zero-order chi connectivity index (χ0) is 13.8. The second kappa shape index (κ2) is 6.75. The molecule has 0 aromatic heterocycles. The van der Waals surface area contributed by atoms with Crippen molar-refractivity contribution < 1.29 is 9.50 Å². The van der Waals surface area contributed by atoms with Gasteiger partial charge >= 0.3 is 0 Å². The van der Waals surface area contributed by atoms with E-state index in [2.05, 4.69) is 15.9 Å². The third-order valence-corrected chi connectivity index (χ3v) is 4.43. The van der Waals surface area contributed by atoms with Crippen molar-refractivity contribution in [2.75, 3.05) is 5.75 Å². The van der Waals surface area contributed by atoms with E-state index >= 15 is 0 Å². The average molecular weight is 362 g/mol. The SMILES string of the molecule is OC(CSc1cccc(Br)c1)c1cc(F)ccc1Cl. The van der Waals surface area contributed by atoms with E-state index in [9.17, 15) is 9.50 Å². The van der Waals surface area contributed by atoms with Crippen LogP contribution in [-0.2, 0) is 0 Å². The Morgan fingerprint density at radius 2 is 2.05 bits per heavy atom. The molecular weight excluding hydrogens is 351 g/mol. The summed E-state index contributed by atoms with van der Waals surface area (Å²) in [4.78, 5) is 1.03. The van der Waals surface area contributed by atoms with Gasteiger partial charge in [-0.1, -0.05) is 33.6 Å². The van der Waals surface area contributed by atoms with E-state index in [0.717, 1.165) is 9.37 Å². The number of hydrogen-bond acceptors (Lipinski definition) is 2. The van der Waals surface area contributed by atoms with E-state index in [1.54, 1.807) is 0 Å². The summed E-state index contributed by atoms with van der Waals surface area (Å²) in [6.45, 7) is 0. The summed E-state index contributed by atoms with van der Waals surface area (Å²) in [5, 5.41) is 10.5. The predicted molar refractivity (Wildman–Crippen MR) is 81.2 cm³/mol. The number of rotatable bonds is 4. The Morgan fingerprint density at radius 1 is 1.26 bits per heavy atom. The lowest BCUT2D eigenvalue weighted by atomic mass is 10.1. The van der Waals surface area contributed by atoms with Crippen LogP contribution in [-0.4, -0.2) is 10.9 Å². The van der Waals surface area contributed by atoms with E-state index < -0.39 is 11.9 Å². The standard InChI is InChI=1S/C14H11BrClFOS/c15-9-2-1-3-11(6-9)19-8-14(18)12-7-10(17)4-5-13(12)16/h1-7,14,18H,8H2. The average Bonchev–Trinajstić information content (AvgIpc) is 2.39. The van der Waals surface area contributed by atoms with Crippen molar-refractivity contribution in [1.29, 1.82) is 0 Å². The molecule has 2 aromatic carbocycles. The number of benzene rings is 2. The van der Waals surface area contributed by atoms with Gasteiger partial charge in [-0.3, -0.25) is 0 Å². The molecule has 5 heteroatoms. The van der Waals surface area contributed by atoms with Crippen molar-refractivity contribution in [1.82, 2.24) is 0 Å². The molecule has 0 spiro atoms. The maximum Gasteiger partial charge on any atom is 0.123 e. The molecule has 0 saturated heterocycles. The Labute approximate surface area is 128 Å². The molecule has 0 heterocycles. The number of thioether (sulfide) groups is 1. The van der Waals surface area contributed by atoms with Gasteiger partial charge < -0.3 is 5.11 Å². The molecule has 1 atom stereocenters. The molecule has 0 radical (unpaired) electrons. The molecule has 1 nitrogen and oxygen atoms in total.